The van der Waals surface area contributed by atoms with Crippen LogP contribution in [-0.2, 0) is 27.4 Å². The summed E-state index contributed by atoms with van der Waals surface area (Å²) in [4.78, 5) is 12.3. The molecule has 2 aromatic carbocycles. The zero-order valence-electron chi connectivity index (χ0n) is 17.8. The molecule has 0 fully saturated rings. The first-order valence-corrected chi connectivity index (χ1v) is 12.3. The zero-order valence-corrected chi connectivity index (χ0v) is 20.9. The molecule has 0 bridgehead atoms. The molecule has 0 atom stereocenters. The molecule has 1 amide bonds. The number of hydrogen-bond acceptors (Lipinski definition) is 5. The van der Waals surface area contributed by atoms with Crippen molar-refractivity contribution in [2.24, 2.45) is 0 Å². The van der Waals surface area contributed by atoms with Crippen molar-refractivity contribution in [2.45, 2.75) is 35.9 Å². The van der Waals surface area contributed by atoms with Crippen molar-refractivity contribution in [3.05, 3.63) is 63.3 Å². The lowest BCUT2D eigenvalue weighted by Crippen LogP contribution is -2.16. The predicted molar refractivity (Wildman–Crippen MR) is 123 cm³/mol. The number of amides is 1. The van der Waals surface area contributed by atoms with Crippen LogP contribution in [0.4, 0.5) is 18.9 Å². The van der Waals surface area contributed by atoms with Crippen LogP contribution in [0.5, 0.6) is 5.75 Å². The molecule has 0 spiro atoms. The smallest absolute Gasteiger partial charge is 0.436 e. The van der Waals surface area contributed by atoms with Crippen LogP contribution in [0.1, 0.15) is 17.8 Å². The minimum Gasteiger partial charge on any atom is -0.497 e. The van der Waals surface area contributed by atoms with Crippen molar-refractivity contribution in [1.82, 2.24) is 9.78 Å². The van der Waals surface area contributed by atoms with E-state index in [9.17, 15) is 26.4 Å². The van der Waals surface area contributed by atoms with Crippen molar-refractivity contribution < 1.29 is 31.1 Å². The van der Waals surface area contributed by atoms with Crippen LogP contribution in [0.25, 0.3) is 0 Å². The fourth-order valence-electron chi connectivity index (χ4n) is 3.02. The first-order valence-electron chi connectivity index (χ1n) is 9.62. The molecule has 3 aromatic rings. The van der Waals surface area contributed by atoms with Crippen LogP contribution in [0, 0.1) is 6.92 Å². The lowest BCUT2D eigenvalue weighted by atomic mass is 10.3. The molecule has 3 rings (SSSR count). The summed E-state index contributed by atoms with van der Waals surface area (Å²) < 4.78 is 71.1. The highest BCUT2D eigenvalue weighted by Crippen LogP contribution is 2.35. The van der Waals surface area contributed by atoms with E-state index >= 15 is 0 Å². The Morgan fingerprint density at radius 2 is 1.82 bits per heavy atom. The van der Waals surface area contributed by atoms with Gasteiger partial charge in [0, 0.05) is 23.2 Å². The third-order valence-corrected chi connectivity index (χ3v) is 7.74. The van der Waals surface area contributed by atoms with E-state index in [4.69, 9.17) is 16.3 Å². The molecule has 0 aliphatic rings. The Morgan fingerprint density at radius 1 is 1.18 bits per heavy atom. The Labute approximate surface area is 206 Å². The van der Waals surface area contributed by atoms with E-state index in [0.717, 1.165) is 4.68 Å². The lowest BCUT2D eigenvalue weighted by molar-refractivity contribution is -0.142. The molecule has 0 saturated carbocycles. The monoisotopic (exact) mass is 579 g/mol. The number of carbonyl (C=O) groups is 1. The number of alkyl halides is 3. The molecule has 0 aliphatic carbocycles. The number of hydrogen-bond donors (Lipinski definition) is 1. The van der Waals surface area contributed by atoms with Gasteiger partial charge in [0.2, 0.25) is 15.7 Å². The predicted octanol–water partition coefficient (Wildman–Crippen LogP) is 5.50. The summed E-state index contributed by atoms with van der Waals surface area (Å²) in [5.41, 5.74) is -0.709. The van der Waals surface area contributed by atoms with Crippen LogP contribution in [0.15, 0.2) is 56.7 Å². The Hall–Kier alpha value is -2.57. The number of aryl methyl sites for hydroxylation is 1. The van der Waals surface area contributed by atoms with Gasteiger partial charge in [0.1, 0.15) is 5.75 Å². The normalized spacial score (nSPS) is 12.0. The second-order valence-corrected chi connectivity index (χ2v) is 10.3. The van der Waals surface area contributed by atoms with Gasteiger partial charge in [-0.1, -0.05) is 11.6 Å². The van der Waals surface area contributed by atoms with E-state index in [1.54, 1.807) is 0 Å². The third-order valence-electron chi connectivity index (χ3n) is 4.79. The van der Waals surface area contributed by atoms with E-state index in [1.165, 1.54) is 56.5 Å². The number of anilines is 1. The van der Waals surface area contributed by atoms with Gasteiger partial charge in [-0.15, -0.1) is 0 Å². The molecular weight excluding hydrogens is 563 g/mol. The number of sulfone groups is 1. The molecule has 0 saturated heterocycles. The Morgan fingerprint density at radius 3 is 2.38 bits per heavy atom. The number of carbonyl (C=O) groups excluding carboxylic acids is 1. The van der Waals surface area contributed by atoms with E-state index in [-0.39, 0.29) is 44.4 Å². The van der Waals surface area contributed by atoms with E-state index in [0.29, 0.717) is 5.02 Å². The number of halogens is 5. The van der Waals surface area contributed by atoms with Gasteiger partial charge in [-0.3, -0.25) is 9.48 Å². The summed E-state index contributed by atoms with van der Waals surface area (Å²) in [6, 6.07) is 9.60. The molecule has 182 valence electrons. The molecule has 34 heavy (non-hydrogen) atoms. The molecule has 1 aromatic heterocycles. The van der Waals surface area contributed by atoms with Gasteiger partial charge in [-0.05, 0) is 59.3 Å². The largest absolute Gasteiger partial charge is 0.497 e. The molecule has 0 aliphatic heterocycles. The average molecular weight is 581 g/mol. The van der Waals surface area contributed by atoms with Gasteiger partial charge in [0.25, 0.3) is 0 Å². The van der Waals surface area contributed by atoms with Crippen LogP contribution in [0.2, 0.25) is 5.02 Å². The van der Waals surface area contributed by atoms with Gasteiger partial charge in [0.15, 0.2) is 5.69 Å². The van der Waals surface area contributed by atoms with Crippen LogP contribution in [0.3, 0.4) is 0 Å². The molecule has 13 heteroatoms. The van der Waals surface area contributed by atoms with Gasteiger partial charge >= 0.3 is 6.18 Å². The fourth-order valence-corrected chi connectivity index (χ4v) is 4.98. The number of nitrogens with zero attached hydrogens (tertiary/aromatic N) is 2. The zero-order chi connectivity index (χ0) is 25.3. The van der Waals surface area contributed by atoms with Gasteiger partial charge in [0.05, 0.1) is 33.6 Å². The van der Waals surface area contributed by atoms with Gasteiger partial charge in [-0.25, -0.2) is 8.42 Å². The summed E-state index contributed by atoms with van der Waals surface area (Å²) >= 11 is 8.71. The van der Waals surface area contributed by atoms with Crippen molar-refractivity contribution in [3.8, 4) is 5.75 Å². The second kappa shape index (κ2) is 9.96. The topological polar surface area (TPSA) is 90.3 Å². The minimum atomic E-state index is -4.64. The number of ether oxygens (including phenoxy) is 1. The molecule has 1 heterocycles. The van der Waals surface area contributed by atoms with Crippen molar-refractivity contribution >= 4 is 49.0 Å². The second-order valence-electron chi connectivity index (χ2n) is 7.12. The van der Waals surface area contributed by atoms with Crippen molar-refractivity contribution in [3.63, 3.8) is 0 Å². The van der Waals surface area contributed by atoms with Crippen molar-refractivity contribution in [2.75, 3.05) is 12.4 Å². The summed E-state index contributed by atoms with van der Waals surface area (Å²) in [6.45, 7) is 1.33. The Balaban J connectivity index is 1.80. The highest BCUT2D eigenvalue weighted by Gasteiger charge is 2.37. The number of rotatable bonds is 7. The first-order chi connectivity index (χ1) is 15.8. The van der Waals surface area contributed by atoms with Gasteiger partial charge < -0.3 is 10.1 Å². The number of aromatic nitrogens is 2. The van der Waals surface area contributed by atoms with E-state index in [2.05, 4.69) is 26.3 Å². The highest BCUT2D eigenvalue weighted by atomic mass is 79.9. The third kappa shape index (κ3) is 5.73. The summed E-state index contributed by atoms with van der Waals surface area (Å²) in [6.07, 6.45) is -4.84. The quantitative estimate of drug-likeness (QED) is 0.399. The SMILES string of the molecule is COc1cc(NC(=O)CCn2nc(C(F)(F)F)c(Br)c2C)cc(S(=O)(=O)c2ccc(Cl)cc2)c1. The first kappa shape index (κ1) is 26.0. The van der Waals surface area contributed by atoms with E-state index < -0.39 is 27.6 Å². The van der Waals surface area contributed by atoms with Crippen molar-refractivity contribution in [1.29, 1.82) is 0 Å². The standard InChI is InChI=1S/C21H18BrClF3N3O4S/c1-12-19(22)20(21(24,25)26)28-29(12)8-7-18(30)27-14-9-15(33-2)11-17(10-14)34(31,32)16-5-3-13(23)4-6-16/h3-6,9-11H,7-8H2,1-2H3,(H,27,30). The Kier molecular flexibility index (Phi) is 7.63. The molecule has 0 unspecified atom stereocenters. The van der Waals surface area contributed by atoms with E-state index in [1.807, 2.05) is 0 Å². The number of nitrogens with one attached hydrogen (secondary N) is 1. The summed E-state index contributed by atoms with van der Waals surface area (Å²) in [5.74, 6) is -0.366. The van der Waals surface area contributed by atoms with Gasteiger partial charge in [-0.2, -0.15) is 18.3 Å². The maximum Gasteiger partial charge on any atom is 0.436 e. The number of methoxy groups -OCH3 is 1. The molecule has 0 radical (unpaired) electrons. The van der Waals surface area contributed by atoms with Crippen LogP contribution in [-0.4, -0.2) is 31.2 Å². The fraction of sp³-hybridized carbons (Fsp3) is 0.238. The molecule has 1 N–H and O–H groups in total. The summed E-state index contributed by atoms with van der Waals surface area (Å²) in [7, 11) is -2.60. The Bertz CT molecular complexity index is 1330. The van der Waals surface area contributed by atoms with Crippen LogP contribution < -0.4 is 10.1 Å². The molecule has 7 nitrogen and oxygen atoms in total. The average Bonchev–Trinajstić information content (AvgIpc) is 3.06. The maximum atomic E-state index is 13.0. The maximum absolute atomic E-state index is 13.0. The lowest BCUT2D eigenvalue weighted by Gasteiger charge is -2.12. The molecular formula is C21H18BrClF3N3O4S. The minimum absolute atomic E-state index is 0.00244. The summed E-state index contributed by atoms with van der Waals surface area (Å²) in [5, 5.41) is 6.46. The number of benzene rings is 2. The van der Waals surface area contributed by atoms with Crippen LogP contribution >= 0.6 is 27.5 Å². The highest BCUT2D eigenvalue weighted by molar-refractivity contribution is 9.10.